The summed E-state index contributed by atoms with van der Waals surface area (Å²) in [5, 5.41) is 13.5. The fraction of sp³-hybridized carbons (Fsp3) is 0.548. The van der Waals surface area contributed by atoms with E-state index >= 15 is 0 Å². The van der Waals surface area contributed by atoms with Gasteiger partial charge < -0.3 is 47.7 Å². The van der Waals surface area contributed by atoms with Crippen molar-refractivity contribution in [1.82, 2.24) is 4.98 Å². The molecule has 1 saturated heterocycles. The summed E-state index contributed by atoms with van der Waals surface area (Å²) >= 11 is 0. The topological polar surface area (TPSA) is 253 Å². The maximum atomic E-state index is 14.5. The summed E-state index contributed by atoms with van der Waals surface area (Å²) in [6.07, 6.45) is -11.5. The van der Waals surface area contributed by atoms with Crippen molar-refractivity contribution >= 4 is 47.8 Å². The van der Waals surface area contributed by atoms with Crippen molar-refractivity contribution in [3.63, 3.8) is 0 Å². The molecule has 1 spiro atoms. The second-order valence-corrected chi connectivity index (χ2v) is 16.1. The van der Waals surface area contributed by atoms with E-state index in [1.807, 2.05) is 0 Å². The zero-order valence-corrected chi connectivity index (χ0v) is 34.9. The highest BCUT2D eigenvalue weighted by molar-refractivity contribution is 5.91. The van der Waals surface area contributed by atoms with Gasteiger partial charge in [-0.1, -0.05) is 32.0 Å². The van der Waals surface area contributed by atoms with Gasteiger partial charge in [0.1, 0.15) is 23.9 Å². The van der Waals surface area contributed by atoms with Crippen LogP contribution in [0.2, 0.25) is 0 Å². The summed E-state index contributed by atoms with van der Waals surface area (Å²) in [5.41, 5.74) is -11.2. The van der Waals surface area contributed by atoms with Crippen LogP contribution in [0.25, 0.3) is 0 Å². The van der Waals surface area contributed by atoms with Gasteiger partial charge in [0.2, 0.25) is 5.60 Å². The highest BCUT2D eigenvalue weighted by Crippen LogP contribution is 2.68. The number of aromatic nitrogens is 1. The molecule has 19 heteroatoms. The number of esters is 8. The summed E-state index contributed by atoms with van der Waals surface area (Å²) in [7, 11) is 0. The molecule has 6 rings (SSSR count). The number of aliphatic hydroxyl groups is 1. The lowest BCUT2D eigenvalue weighted by molar-refractivity contribution is -0.396. The minimum atomic E-state index is -3.09. The van der Waals surface area contributed by atoms with Gasteiger partial charge in [-0.3, -0.25) is 33.8 Å². The van der Waals surface area contributed by atoms with E-state index in [9.17, 15) is 43.5 Å². The largest absolute Gasteiger partial charge is 0.459 e. The molecule has 4 aliphatic rings. The number of rotatable bonds is 7. The smallest absolute Gasteiger partial charge is 0.340 e. The van der Waals surface area contributed by atoms with E-state index in [1.165, 1.54) is 56.4 Å². The predicted octanol–water partition coefficient (Wildman–Crippen LogP) is 2.08. The van der Waals surface area contributed by atoms with Crippen LogP contribution in [0, 0.1) is 11.8 Å². The van der Waals surface area contributed by atoms with Gasteiger partial charge in [-0.25, -0.2) is 9.59 Å². The van der Waals surface area contributed by atoms with E-state index < -0.39 is 131 Å². The Hall–Kier alpha value is -5.95. The molecule has 1 aromatic carbocycles. The zero-order chi connectivity index (χ0) is 45.0. The molecule has 1 aromatic heterocycles. The van der Waals surface area contributed by atoms with Crippen LogP contribution in [0.1, 0.15) is 94.6 Å². The lowest BCUT2D eigenvalue weighted by atomic mass is 9.49. The van der Waals surface area contributed by atoms with Crippen LogP contribution in [0.4, 0.5) is 0 Å². The van der Waals surface area contributed by atoms with E-state index in [1.54, 1.807) is 13.0 Å². The third-order valence-electron chi connectivity index (χ3n) is 11.9. The molecule has 4 bridgehead atoms. The molecule has 328 valence electrons. The van der Waals surface area contributed by atoms with Gasteiger partial charge in [0, 0.05) is 46.7 Å². The number of hydrogen-bond donors (Lipinski definition) is 1. The Morgan fingerprint density at radius 3 is 1.89 bits per heavy atom. The molecule has 3 heterocycles. The first-order chi connectivity index (χ1) is 28.5. The molecular weight excluding hydrogens is 806 g/mol. The van der Waals surface area contributed by atoms with Crippen molar-refractivity contribution in [2.75, 3.05) is 6.61 Å². The second kappa shape index (κ2) is 16.2. The minimum Gasteiger partial charge on any atom is -0.459 e. The summed E-state index contributed by atoms with van der Waals surface area (Å²) in [6, 6.07) is 10.2. The predicted molar refractivity (Wildman–Crippen MR) is 201 cm³/mol. The highest BCUT2D eigenvalue weighted by atomic mass is 16.7. The molecule has 2 saturated carbocycles. The first kappa shape index (κ1) is 44.6. The van der Waals surface area contributed by atoms with Crippen LogP contribution in [-0.2, 0) is 71.4 Å². The number of ether oxygens (including phenoxy) is 9. The summed E-state index contributed by atoms with van der Waals surface area (Å²) in [6.45, 7) is 9.37. The summed E-state index contributed by atoms with van der Waals surface area (Å²) in [4.78, 5) is 114. The van der Waals surface area contributed by atoms with Crippen LogP contribution >= 0.6 is 0 Å². The molecule has 0 radical (unpaired) electrons. The quantitative estimate of drug-likeness (QED) is 0.309. The molecule has 2 aliphatic carbocycles. The maximum Gasteiger partial charge on any atom is 0.340 e. The van der Waals surface area contributed by atoms with Gasteiger partial charge in [0.15, 0.2) is 36.1 Å². The van der Waals surface area contributed by atoms with Crippen LogP contribution in [0.3, 0.4) is 0 Å². The molecule has 13 unspecified atom stereocenters. The van der Waals surface area contributed by atoms with E-state index in [4.69, 9.17) is 42.6 Å². The fourth-order valence-corrected chi connectivity index (χ4v) is 9.50. The van der Waals surface area contributed by atoms with E-state index in [0.29, 0.717) is 0 Å². The molecule has 19 nitrogen and oxygen atoms in total. The average molecular weight is 854 g/mol. The summed E-state index contributed by atoms with van der Waals surface area (Å²) < 4.78 is 55.3. The number of pyridine rings is 1. The van der Waals surface area contributed by atoms with Crippen LogP contribution in [-0.4, -0.2) is 123 Å². The Kier molecular flexibility index (Phi) is 11.8. The number of carbonyl (C=O) groups is 8. The molecule has 2 aliphatic heterocycles. The van der Waals surface area contributed by atoms with Gasteiger partial charge in [0.05, 0.1) is 28.7 Å². The number of fused-ring (bicyclic) bond motifs is 5. The molecule has 0 amide bonds. The van der Waals surface area contributed by atoms with Crippen molar-refractivity contribution in [2.45, 2.75) is 127 Å². The number of hydrogen-bond acceptors (Lipinski definition) is 19. The monoisotopic (exact) mass is 853 g/mol. The van der Waals surface area contributed by atoms with Gasteiger partial charge in [-0.05, 0) is 38.1 Å². The third kappa shape index (κ3) is 7.26. The zero-order valence-electron chi connectivity index (χ0n) is 34.9. The first-order valence-corrected chi connectivity index (χ1v) is 19.4. The number of benzene rings is 1. The number of cyclic esters (lactones) is 1. The van der Waals surface area contributed by atoms with Crippen molar-refractivity contribution < 1.29 is 86.1 Å². The lowest BCUT2D eigenvalue weighted by Gasteiger charge is -2.66. The van der Waals surface area contributed by atoms with Gasteiger partial charge in [-0.15, -0.1) is 0 Å². The van der Waals surface area contributed by atoms with Gasteiger partial charge in [-0.2, -0.15) is 0 Å². The van der Waals surface area contributed by atoms with Crippen LogP contribution < -0.4 is 0 Å². The van der Waals surface area contributed by atoms with Crippen molar-refractivity contribution in [3.05, 3.63) is 65.5 Å². The Balaban J connectivity index is 1.81. The van der Waals surface area contributed by atoms with Crippen molar-refractivity contribution in [1.29, 1.82) is 0 Å². The van der Waals surface area contributed by atoms with Gasteiger partial charge in [0.25, 0.3) is 0 Å². The third-order valence-corrected chi connectivity index (χ3v) is 11.9. The second-order valence-electron chi connectivity index (χ2n) is 16.1. The molecule has 13 atom stereocenters. The SMILES string of the molecule is CC(=O)OC1C2C(OC(C)=O)C34OC2(C)COC(=O)c2cccnc2C(C)C(C)C(=O)OC(C(OC(C)=O)C(OC(=O)c2ccccc2)C3(OC(C)=O)C1OC(C)=O)C4(C)O. The fourth-order valence-electron chi connectivity index (χ4n) is 9.50. The lowest BCUT2D eigenvalue weighted by Crippen LogP contribution is -2.92. The summed E-state index contributed by atoms with van der Waals surface area (Å²) in [5.74, 6) is -12.4. The van der Waals surface area contributed by atoms with E-state index in [-0.39, 0.29) is 16.8 Å². The molecule has 1 N–H and O–H groups in total. The Labute approximate surface area is 349 Å². The molecule has 61 heavy (non-hydrogen) atoms. The van der Waals surface area contributed by atoms with Crippen LogP contribution in [0.5, 0.6) is 0 Å². The van der Waals surface area contributed by atoms with E-state index in [2.05, 4.69) is 4.98 Å². The van der Waals surface area contributed by atoms with Crippen molar-refractivity contribution in [3.8, 4) is 0 Å². The number of nitrogens with zero attached hydrogens (tertiary/aromatic N) is 1. The maximum absolute atomic E-state index is 14.5. The van der Waals surface area contributed by atoms with Crippen LogP contribution in [0.15, 0.2) is 48.7 Å². The average Bonchev–Trinajstić information content (AvgIpc) is 3.40. The Bertz CT molecular complexity index is 2140. The molecular formula is C42H47NO18. The van der Waals surface area contributed by atoms with Crippen molar-refractivity contribution in [2.24, 2.45) is 11.8 Å². The Morgan fingerprint density at radius 1 is 0.721 bits per heavy atom. The van der Waals surface area contributed by atoms with Gasteiger partial charge >= 0.3 is 47.8 Å². The first-order valence-electron chi connectivity index (χ1n) is 19.4. The molecule has 2 aromatic rings. The minimum absolute atomic E-state index is 0.0626. The highest BCUT2D eigenvalue weighted by Gasteiger charge is 2.93. The van der Waals surface area contributed by atoms with E-state index in [0.717, 1.165) is 41.5 Å². The normalized spacial score (nSPS) is 36.4. The Morgan fingerprint density at radius 2 is 1.30 bits per heavy atom. The molecule has 3 fully saturated rings. The number of carbonyl (C=O) groups excluding carboxylic acids is 8. The standard InChI is InChI=1S/C42H47NO18/c1-19-20(2)36(49)58-33-31(55-22(4)45)35(59-37(50)26-14-11-10-12-15-26)41(60-25(7)48)34(57-24(6)47)30(54-21(3)44)28-32(56-23(5)46)42(41,40(33,9)52)61-39(28,8)18-53-38(51)27-16-13-17-43-29(19)27/h10-17,19-20,28,30-35,52H,18H2,1-9H3.